The highest BCUT2D eigenvalue weighted by atomic mass is 127. The zero-order chi connectivity index (χ0) is 18.9. The number of benzene rings is 1. The van der Waals surface area contributed by atoms with Crippen molar-refractivity contribution in [2.75, 3.05) is 20.8 Å². The quantitative estimate of drug-likeness (QED) is 0.335. The maximum atomic E-state index is 5.54. The molecule has 1 aromatic carbocycles. The Balaban J connectivity index is 0.00000364. The Labute approximate surface area is 177 Å². The molecule has 0 aliphatic rings. The number of nitrogens with zero attached hydrogens (tertiary/aromatic N) is 2. The topological polar surface area (TPSA) is 80.9 Å². The number of halogens is 1. The average molecular weight is 488 g/mol. The summed E-state index contributed by atoms with van der Waals surface area (Å²) >= 11 is 0. The summed E-state index contributed by atoms with van der Waals surface area (Å²) in [4.78, 5) is 4.23. The van der Waals surface area contributed by atoms with E-state index < -0.39 is 0 Å². The summed E-state index contributed by atoms with van der Waals surface area (Å²) in [6, 6.07) is 7.83. The van der Waals surface area contributed by atoms with Crippen LogP contribution in [-0.2, 0) is 13.1 Å². The van der Waals surface area contributed by atoms with Gasteiger partial charge >= 0.3 is 0 Å². The Morgan fingerprint density at radius 3 is 2.52 bits per heavy atom. The molecule has 2 aromatic rings. The number of guanidine groups is 1. The predicted molar refractivity (Wildman–Crippen MR) is 117 cm³/mol. The molecule has 0 aliphatic heterocycles. The van der Waals surface area contributed by atoms with Gasteiger partial charge in [0.15, 0.2) is 23.2 Å². The van der Waals surface area contributed by atoms with E-state index in [9.17, 15) is 0 Å². The van der Waals surface area contributed by atoms with Gasteiger partial charge in [0.2, 0.25) is 0 Å². The number of aromatic nitrogens is 1. The highest BCUT2D eigenvalue weighted by Crippen LogP contribution is 2.27. The van der Waals surface area contributed by atoms with Crippen molar-refractivity contribution >= 4 is 29.9 Å². The molecule has 0 saturated heterocycles. The highest BCUT2D eigenvalue weighted by Gasteiger charge is 2.09. The van der Waals surface area contributed by atoms with Crippen molar-refractivity contribution in [1.29, 1.82) is 0 Å². The second kappa shape index (κ2) is 11.7. The first-order valence-electron chi connectivity index (χ1n) is 8.77. The largest absolute Gasteiger partial charge is 0.493 e. The number of nitrogens with one attached hydrogen (secondary N) is 2. The lowest BCUT2D eigenvalue weighted by molar-refractivity contribution is 0.310. The third-order valence-electron chi connectivity index (χ3n) is 3.81. The molecule has 0 radical (unpaired) electrons. The van der Waals surface area contributed by atoms with Crippen molar-refractivity contribution in [3.8, 4) is 11.5 Å². The van der Waals surface area contributed by atoms with Crippen LogP contribution in [0, 0.1) is 0 Å². The molecule has 8 heteroatoms. The van der Waals surface area contributed by atoms with Gasteiger partial charge in [-0.2, -0.15) is 0 Å². The molecule has 0 amide bonds. The van der Waals surface area contributed by atoms with Gasteiger partial charge in [-0.25, -0.2) is 0 Å². The van der Waals surface area contributed by atoms with Gasteiger partial charge in [0.05, 0.1) is 26.0 Å². The van der Waals surface area contributed by atoms with Crippen molar-refractivity contribution < 1.29 is 14.0 Å². The van der Waals surface area contributed by atoms with Crippen LogP contribution in [0.4, 0.5) is 0 Å². The van der Waals surface area contributed by atoms with Gasteiger partial charge in [0.25, 0.3) is 0 Å². The minimum Gasteiger partial charge on any atom is -0.493 e. The SMILES string of the molecule is CCOc1ccc(CNC(=NC)NCc2cc(C(C)C)no2)cc1OC.I. The fourth-order valence-electron chi connectivity index (χ4n) is 2.36. The van der Waals surface area contributed by atoms with Gasteiger partial charge in [-0.15, -0.1) is 24.0 Å². The van der Waals surface area contributed by atoms with Gasteiger partial charge in [-0.3, -0.25) is 4.99 Å². The first-order chi connectivity index (χ1) is 12.6. The second-order valence-electron chi connectivity index (χ2n) is 6.07. The molecular formula is C19H29IN4O3. The maximum absolute atomic E-state index is 5.54. The average Bonchev–Trinajstić information content (AvgIpc) is 3.12. The third-order valence-corrected chi connectivity index (χ3v) is 3.81. The molecule has 0 saturated carbocycles. The predicted octanol–water partition coefficient (Wildman–Crippen LogP) is 3.69. The number of hydrogen-bond donors (Lipinski definition) is 2. The van der Waals surface area contributed by atoms with Crippen LogP contribution >= 0.6 is 24.0 Å². The van der Waals surface area contributed by atoms with E-state index in [1.165, 1.54) is 0 Å². The van der Waals surface area contributed by atoms with E-state index in [2.05, 4.69) is 34.6 Å². The first kappa shape index (κ1) is 23.1. The Bertz CT molecular complexity index is 731. The molecule has 0 fully saturated rings. The summed E-state index contributed by atoms with van der Waals surface area (Å²) in [7, 11) is 3.37. The minimum absolute atomic E-state index is 0. The standard InChI is InChI=1S/C19H28N4O3.HI/c1-6-25-17-8-7-14(9-18(17)24-5)11-21-19(20-4)22-12-15-10-16(13(2)3)23-26-15;/h7-10,13H,6,11-12H2,1-5H3,(H2,20,21,22);1H. The molecule has 1 aromatic heterocycles. The molecule has 0 spiro atoms. The van der Waals surface area contributed by atoms with Crippen LogP contribution in [-0.4, -0.2) is 31.9 Å². The Morgan fingerprint density at radius 2 is 1.93 bits per heavy atom. The van der Waals surface area contributed by atoms with Crippen LogP contribution in [0.25, 0.3) is 0 Å². The summed E-state index contributed by atoms with van der Waals surface area (Å²) < 4.78 is 16.2. The van der Waals surface area contributed by atoms with Crippen molar-refractivity contribution in [3.05, 3.63) is 41.3 Å². The summed E-state index contributed by atoms with van der Waals surface area (Å²) in [6.07, 6.45) is 0. The van der Waals surface area contributed by atoms with Crippen LogP contribution in [0.3, 0.4) is 0 Å². The summed E-state index contributed by atoms with van der Waals surface area (Å²) in [6.45, 7) is 7.84. The van der Waals surface area contributed by atoms with Crippen LogP contribution in [0.1, 0.15) is 43.7 Å². The fraction of sp³-hybridized carbons (Fsp3) is 0.474. The first-order valence-corrected chi connectivity index (χ1v) is 8.77. The summed E-state index contributed by atoms with van der Waals surface area (Å²) in [5.41, 5.74) is 2.02. The smallest absolute Gasteiger partial charge is 0.191 e. The van der Waals surface area contributed by atoms with Crippen molar-refractivity contribution in [1.82, 2.24) is 15.8 Å². The van der Waals surface area contributed by atoms with Gasteiger partial charge in [0, 0.05) is 19.7 Å². The molecule has 0 aliphatic carbocycles. The van der Waals surface area contributed by atoms with Gasteiger partial charge in [-0.1, -0.05) is 25.1 Å². The van der Waals surface area contributed by atoms with Crippen molar-refractivity contribution in [3.63, 3.8) is 0 Å². The molecule has 0 bridgehead atoms. The third kappa shape index (κ3) is 6.93. The van der Waals surface area contributed by atoms with Crippen LogP contribution in [0.15, 0.2) is 33.8 Å². The number of aliphatic imine (C=N–C) groups is 1. The zero-order valence-corrected chi connectivity index (χ0v) is 18.9. The minimum atomic E-state index is 0. The zero-order valence-electron chi connectivity index (χ0n) is 16.5. The lowest BCUT2D eigenvalue weighted by Crippen LogP contribution is -2.36. The van der Waals surface area contributed by atoms with Gasteiger partial charge < -0.3 is 24.6 Å². The number of methoxy groups -OCH3 is 1. The van der Waals surface area contributed by atoms with E-state index in [4.69, 9.17) is 14.0 Å². The summed E-state index contributed by atoms with van der Waals surface area (Å²) in [5.74, 6) is 3.27. The lowest BCUT2D eigenvalue weighted by atomic mass is 10.1. The molecule has 150 valence electrons. The van der Waals surface area contributed by atoms with E-state index in [0.29, 0.717) is 31.6 Å². The van der Waals surface area contributed by atoms with Gasteiger partial charge in [-0.05, 0) is 30.5 Å². The molecule has 7 nitrogen and oxygen atoms in total. The van der Waals surface area contributed by atoms with Crippen LogP contribution in [0.2, 0.25) is 0 Å². The van der Waals surface area contributed by atoms with Crippen LogP contribution in [0.5, 0.6) is 11.5 Å². The number of ether oxygens (including phenoxy) is 2. The Morgan fingerprint density at radius 1 is 1.19 bits per heavy atom. The molecule has 0 unspecified atom stereocenters. The highest BCUT2D eigenvalue weighted by molar-refractivity contribution is 14.0. The molecule has 2 rings (SSSR count). The molecule has 1 heterocycles. The van der Waals surface area contributed by atoms with Crippen molar-refractivity contribution in [2.45, 2.75) is 39.8 Å². The van der Waals surface area contributed by atoms with E-state index in [1.807, 2.05) is 31.2 Å². The lowest BCUT2D eigenvalue weighted by Gasteiger charge is -2.13. The van der Waals surface area contributed by atoms with E-state index in [0.717, 1.165) is 28.5 Å². The molecular weight excluding hydrogens is 459 g/mol. The molecule has 0 atom stereocenters. The molecule has 2 N–H and O–H groups in total. The second-order valence-corrected chi connectivity index (χ2v) is 6.07. The Hall–Kier alpha value is -1.97. The van der Waals surface area contributed by atoms with E-state index in [-0.39, 0.29) is 24.0 Å². The van der Waals surface area contributed by atoms with Crippen LogP contribution < -0.4 is 20.1 Å². The fourth-order valence-corrected chi connectivity index (χ4v) is 2.36. The van der Waals surface area contributed by atoms with Gasteiger partial charge in [0.1, 0.15) is 0 Å². The monoisotopic (exact) mass is 488 g/mol. The number of hydrogen-bond acceptors (Lipinski definition) is 5. The maximum Gasteiger partial charge on any atom is 0.191 e. The number of rotatable bonds is 8. The normalized spacial score (nSPS) is 11.1. The molecule has 27 heavy (non-hydrogen) atoms. The van der Waals surface area contributed by atoms with E-state index >= 15 is 0 Å². The van der Waals surface area contributed by atoms with E-state index in [1.54, 1.807) is 14.2 Å². The summed E-state index contributed by atoms with van der Waals surface area (Å²) in [5, 5.41) is 10.5. The van der Waals surface area contributed by atoms with Crippen molar-refractivity contribution in [2.24, 2.45) is 4.99 Å². The Kier molecular flexibility index (Phi) is 9.98.